The van der Waals surface area contributed by atoms with Crippen LogP contribution < -0.4 is 9.47 Å². The van der Waals surface area contributed by atoms with E-state index in [9.17, 15) is 4.79 Å². The Hall–Kier alpha value is -3.25. The first-order valence-electron chi connectivity index (χ1n) is 10.9. The van der Waals surface area contributed by atoms with E-state index in [-0.39, 0.29) is 5.91 Å². The minimum atomic E-state index is 0.0746. The number of fused-ring (bicyclic) bond motifs is 1. The first-order chi connectivity index (χ1) is 15.7. The third-order valence-electron chi connectivity index (χ3n) is 6.19. The largest absolute Gasteiger partial charge is 0.497 e. The summed E-state index contributed by atoms with van der Waals surface area (Å²) >= 11 is 1.67. The summed E-state index contributed by atoms with van der Waals surface area (Å²) in [6.45, 7) is 2.02. The molecule has 0 unspecified atom stereocenters. The molecule has 1 amide bonds. The monoisotopic (exact) mass is 446 g/mol. The van der Waals surface area contributed by atoms with Crippen molar-refractivity contribution < 1.29 is 14.3 Å². The lowest BCUT2D eigenvalue weighted by atomic mass is 9.89. The van der Waals surface area contributed by atoms with Crippen LogP contribution >= 0.6 is 11.3 Å². The van der Waals surface area contributed by atoms with Crippen LogP contribution in [0.3, 0.4) is 0 Å². The van der Waals surface area contributed by atoms with Crippen LogP contribution in [0.5, 0.6) is 11.5 Å². The molecule has 0 aliphatic carbocycles. The Morgan fingerprint density at radius 3 is 2.75 bits per heavy atom. The number of piperidine rings is 1. The number of rotatable bonds is 6. The molecule has 1 aliphatic rings. The van der Waals surface area contributed by atoms with Crippen molar-refractivity contribution >= 4 is 28.1 Å². The summed E-state index contributed by atoms with van der Waals surface area (Å²) < 4.78 is 11.3. The minimum absolute atomic E-state index is 0.0746. The Kier molecular flexibility index (Phi) is 5.86. The van der Waals surface area contributed by atoms with Gasteiger partial charge in [-0.25, -0.2) is 0 Å². The zero-order valence-electron chi connectivity index (χ0n) is 18.0. The Labute approximate surface area is 191 Å². The number of benzene rings is 2. The standard InChI is InChI=1S/C26H26N2O3S/c1-30-20-7-8-25-23(15-20)24(16-27-25)18-9-11-28(12-10-18)26(29)19-4-2-5-21(14-19)31-17-22-6-3-13-32-22/h2-8,13-16,18,27H,9-12,17H2,1H3. The Balaban J connectivity index is 1.23. The van der Waals surface area contributed by atoms with Crippen molar-refractivity contribution in [1.29, 1.82) is 0 Å². The lowest BCUT2D eigenvalue weighted by molar-refractivity contribution is 0.0713. The first-order valence-corrected chi connectivity index (χ1v) is 11.8. The van der Waals surface area contributed by atoms with Gasteiger partial charge in [-0.2, -0.15) is 0 Å². The van der Waals surface area contributed by atoms with Crippen molar-refractivity contribution in [1.82, 2.24) is 9.88 Å². The summed E-state index contributed by atoms with van der Waals surface area (Å²) in [6.07, 6.45) is 4.01. The van der Waals surface area contributed by atoms with E-state index in [4.69, 9.17) is 9.47 Å². The zero-order chi connectivity index (χ0) is 21.9. The second-order valence-corrected chi connectivity index (χ2v) is 9.15. The number of carbonyl (C=O) groups is 1. The van der Waals surface area contributed by atoms with Crippen molar-refractivity contribution in [2.75, 3.05) is 20.2 Å². The Morgan fingerprint density at radius 1 is 1.09 bits per heavy atom. The molecular weight excluding hydrogens is 420 g/mol. The van der Waals surface area contributed by atoms with Crippen LogP contribution in [0.25, 0.3) is 10.9 Å². The van der Waals surface area contributed by atoms with Crippen molar-refractivity contribution in [3.63, 3.8) is 0 Å². The highest BCUT2D eigenvalue weighted by molar-refractivity contribution is 7.09. The lowest BCUT2D eigenvalue weighted by Gasteiger charge is -2.32. The van der Waals surface area contributed by atoms with E-state index in [0.29, 0.717) is 18.1 Å². The number of H-pyrrole nitrogens is 1. The SMILES string of the molecule is COc1ccc2[nH]cc(C3CCN(C(=O)c4cccc(OCc5cccs5)c4)CC3)c2c1. The number of aromatic nitrogens is 1. The van der Waals surface area contributed by atoms with Crippen LogP contribution in [0.1, 0.15) is 39.6 Å². The summed E-state index contributed by atoms with van der Waals surface area (Å²) in [4.78, 5) is 19.6. The molecule has 0 atom stereocenters. The normalized spacial score (nSPS) is 14.6. The fourth-order valence-corrected chi connectivity index (χ4v) is 5.05. The minimum Gasteiger partial charge on any atom is -0.497 e. The molecule has 4 aromatic rings. The molecule has 2 aromatic carbocycles. The number of methoxy groups -OCH3 is 1. The fourth-order valence-electron chi connectivity index (χ4n) is 4.43. The maximum absolute atomic E-state index is 13.1. The number of likely N-dealkylation sites (tertiary alicyclic amines) is 1. The lowest BCUT2D eigenvalue weighted by Crippen LogP contribution is -2.37. The Bertz CT molecular complexity index is 1210. The van der Waals surface area contributed by atoms with E-state index in [1.54, 1.807) is 18.4 Å². The van der Waals surface area contributed by atoms with E-state index >= 15 is 0 Å². The molecule has 1 saturated heterocycles. The number of aromatic amines is 1. The van der Waals surface area contributed by atoms with E-state index in [1.165, 1.54) is 15.8 Å². The molecule has 0 radical (unpaired) electrons. The quantitative estimate of drug-likeness (QED) is 0.405. The van der Waals surface area contributed by atoms with Crippen molar-refractivity contribution in [3.05, 3.63) is 82.2 Å². The first kappa shape index (κ1) is 20.6. The number of hydrogen-bond donors (Lipinski definition) is 1. The molecule has 0 bridgehead atoms. The third kappa shape index (κ3) is 4.23. The van der Waals surface area contributed by atoms with Gasteiger partial charge in [0.15, 0.2) is 0 Å². The van der Waals surface area contributed by atoms with Crippen LogP contribution in [0.4, 0.5) is 0 Å². The van der Waals surface area contributed by atoms with E-state index < -0.39 is 0 Å². The molecule has 0 spiro atoms. The van der Waals surface area contributed by atoms with Gasteiger partial charge in [0, 0.05) is 40.6 Å². The molecule has 5 rings (SSSR count). The van der Waals surface area contributed by atoms with Gasteiger partial charge in [-0.05, 0) is 72.2 Å². The summed E-state index contributed by atoms with van der Waals surface area (Å²) in [7, 11) is 1.69. The smallest absolute Gasteiger partial charge is 0.253 e. The predicted molar refractivity (Wildman–Crippen MR) is 128 cm³/mol. The molecule has 2 aromatic heterocycles. The molecule has 3 heterocycles. The van der Waals surface area contributed by atoms with Gasteiger partial charge in [0.05, 0.1) is 7.11 Å². The maximum atomic E-state index is 13.1. The Morgan fingerprint density at radius 2 is 1.97 bits per heavy atom. The summed E-state index contributed by atoms with van der Waals surface area (Å²) in [5.41, 5.74) is 3.12. The van der Waals surface area contributed by atoms with Gasteiger partial charge in [0.25, 0.3) is 5.91 Å². The van der Waals surface area contributed by atoms with Gasteiger partial charge in [0.1, 0.15) is 18.1 Å². The topological polar surface area (TPSA) is 54.6 Å². The van der Waals surface area contributed by atoms with Gasteiger partial charge in [-0.3, -0.25) is 4.79 Å². The van der Waals surface area contributed by atoms with Crippen LogP contribution in [-0.2, 0) is 6.61 Å². The molecule has 1 aliphatic heterocycles. The number of hydrogen-bond acceptors (Lipinski definition) is 4. The summed E-state index contributed by atoms with van der Waals surface area (Å²) in [5.74, 6) is 2.10. The second-order valence-electron chi connectivity index (χ2n) is 8.12. The van der Waals surface area contributed by atoms with Crippen molar-refractivity contribution in [2.24, 2.45) is 0 Å². The van der Waals surface area contributed by atoms with Crippen LogP contribution in [-0.4, -0.2) is 36.0 Å². The maximum Gasteiger partial charge on any atom is 0.253 e. The number of nitrogens with zero attached hydrogens (tertiary/aromatic N) is 1. The molecule has 5 nitrogen and oxygen atoms in total. The molecule has 32 heavy (non-hydrogen) atoms. The number of nitrogens with one attached hydrogen (secondary N) is 1. The van der Waals surface area contributed by atoms with Crippen LogP contribution in [0.2, 0.25) is 0 Å². The fraction of sp³-hybridized carbons (Fsp3) is 0.269. The van der Waals surface area contributed by atoms with E-state index in [1.807, 2.05) is 52.7 Å². The molecule has 0 saturated carbocycles. The van der Waals surface area contributed by atoms with E-state index in [0.717, 1.165) is 42.9 Å². The summed E-state index contributed by atoms with van der Waals surface area (Å²) in [5, 5.41) is 3.25. The van der Waals surface area contributed by atoms with Gasteiger partial charge < -0.3 is 19.4 Å². The molecule has 164 valence electrons. The van der Waals surface area contributed by atoms with Crippen LogP contribution in [0, 0.1) is 0 Å². The molecule has 1 fully saturated rings. The summed E-state index contributed by atoms with van der Waals surface area (Å²) in [6, 6.07) is 17.7. The average molecular weight is 447 g/mol. The molecular formula is C26H26N2O3S. The number of carbonyl (C=O) groups excluding carboxylic acids is 1. The number of amides is 1. The highest BCUT2D eigenvalue weighted by Crippen LogP contribution is 2.35. The number of ether oxygens (including phenoxy) is 2. The predicted octanol–water partition coefficient (Wildman–Crippen LogP) is 5.84. The molecule has 1 N–H and O–H groups in total. The van der Waals surface area contributed by atoms with Crippen molar-refractivity contribution in [3.8, 4) is 11.5 Å². The van der Waals surface area contributed by atoms with Gasteiger partial charge >= 0.3 is 0 Å². The molecule has 6 heteroatoms. The second kappa shape index (κ2) is 9.09. The van der Waals surface area contributed by atoms with E-state index in [2.05, 4.69) is 23.3 Å². The van der Waals surface area contributed by atoms with Gasteiger partial charge in [-0.1, -0.05) is 12.1 Å². The van der Waals surface area contributed by atoms with Crippen molar-refractivity contribution in [2.45, 2.75) is 25.4 Å². The number of thiophene rings is 1. The van der Waals surface area contributed by atoms with Gasteiger partial charge in [-0.15, -0.1) is 11.3 Å². The average Bonchev–Trinajstić information content (AvgIpc) is 3.52. The third-order valence-corrected chi connectivity index (χ3v) is 7.03. The van der Waals surface area contributed by atoms with Crippen LogP contribution in [0.15, 0.2) is 66.2 Å². The van der Waals surface area contributed by atoms with Gasteiger partial charge in [0.2, 0.25) is 0 Å². The highest BCUT2D eigenvalue weighted by atomic mass is 32.1. The zero-order valence-corrected chi connectivity index (χ0v) is 18.9. The highest BCUT2D eigenvalue weighted by Gasteiger charge is 2.26.